The smallest absolute Gasteiger partial charge is 0.408 e. The zero-order chi connectivity index (χ0) is 49.2. The van der Waals surface area contributed by atoms with Gasteiger partial charge >= 0.3 is 12.1 Å². The number of Topliss-reactive ketones (excluding diaryl/α,β-unsaturated/α-hetero) is 2. The molecule has 0 saturated carbocycles. The zero-order valence-corrected chi connectivity index (χ0v) is 38.5. The van der Waals surface area contributed by atoms with Crippen LogP contribution in [0.3, 0.4) is 0 Å². The van der Waals surface area contributed by atoms with Crippen molar-refractivity contribution in [3.8, 4) is 11.4 Å². The number of aromatic nitrogens is 2. The van der Waals surface area contributed by atoms with Gasteiger partial charge in [-0.3, -0.25) is 28.8 Å². The van der Waals surface area contributed by atoms with E-state index >= 15 is 4.39 Å². The quantitative estimate of drug-likeness (QED) is 0.0734. The van der Waals surface area contributed by atoms with Crippen molar-refractivity contribution < 1.29 is 57.6 Å². The number of halogens is 1. The van der Waals surface area contributed by atoms with E-state index < -0.39 is 102 Å². The predicted molar refractivity (Wildman–Crippen MR) is 242 cm³/mol. The number of pyridine rings is 2. The van der Waals surface area contributed by atoms with E-state index in [4.69, 9.17) is 14.5 Å². The van der Waals surface area contributed by atoms with Gasteiger partial charge in [-0.05, 0) is 81.7 Å². The molecule has 4 heterocycles. The van der Waals surface area contributed by atoms with E-state index in [1.165, 1.54) is 10.6 Å². The Balaban J connectivity index is 1.03. The Hall–Kier alpha value is -6.86. The average molecular weight is 939 g/mol. The summed E-state index contributed by atoms with van der Waals surface area (Å²) >= 11 is 0. The second-order valence-electron chi connectivity index (χ2n) is 18.4. The fraction of sp³-hybridized carbons (Fsp3) is 0.449. The number of hydrogen-bond acceptors (Lipinski definition) is 13. The number of esters is 1. The Bertz CT molecular complexity index is 2790. The van der Waals surface area contributed by atoms with Gasteiger partial charge in [0.05, 0.1) is 54.8 Å². The number of nitrogens with zero attached hydrogens (tertiary/aromatic N) is 2. The Morgan fingerprint density at radius 3 is 2.43 bits per heavy atom. The van der Waals surface area contributed by atoms with Crippen molar-refractivity contribution in [2.24, 2.45) is 5.92 Å². The van der Waals surface area contributed by atoms with Crippen molar-refractivity contribution in [1.29, 1.82) is 0 Å². The summed E-state index contributed by atoms with van der Waals surface area (Å²) in [7, 11) is 0. The van der Waals surface area contributed by atoms with Crippen LogP contribution in [0.2, 0.25) is 0 Å². The summed E-state index contributed by atoms with van der Waals surface area (Å²) in [5.74, 6) is -5.21. The van der Waals surface area contributed by atoms with Crippen LogP contribution in [-0.4, -0.2) is 92.5 Å². The van der Waals surface area contributed by atoms with E-state index in [-0.39, 0.29) is 56.4 Å². The number of ketones is 2. The Kier molecular flexibility index (Phi) is 14.3. The van der Waals surface area contributed by atoms with Crippen LogP contribution in [0, 0.1) is 18.7 Å². The first-order valence-electron chi connectivity index (χ1n) is 22.6. The maximum absolute atomic E-state index is 15.4. The van der Waals surface area contributed by atoms with Crippen molar-refractivity contribution in [1.82, 2.24) is 30.8 Å². The Morgan fingerprint density at radius 2 is 1.74 bits per heavy atom. The van der Waals surface area contributed by atoms with Gasteiger partial charge in [-0.25, -0.2) is 19.0 Å². The molecule has 2 aliphatic heterocycles. The number of nitrogens with one attached hydrogen (secondary N) is 4. The molecule has 360 valence electrons. The number of carbonyl (C=O) groups excluding carboxylic acids is 7. The number of carbonyl (C=O) groups is 7. The second kappa shape index (κ2) is 19.8. The van der Waals surface area contributed by atoms with E-state index in [0.717, 1.165) is 5.56 Å². The lowest BCUT2D eigenvalue weighted by atomic mass is 9.81. The lowest BCUT2D eigenvalue weighted by Gasteiger charge is -2.31. The van der Waals surface area contributed by atoms with E-state index in [1.807, 2.05) is 0 Å². The molecular formula is C49H55FN6O12. The van der Waals surface area contributed by atoms with Gasteiger partial charge in [0.25, 0.3) is 5.56 Å². The van der Waals surface area contributed by atoms with Gasteiger partial charge < -0.3 is 45.5 Å². The topological polar surface area (TPSA) is 261 Å². The lowest BCUT2D eigenvalue weighted by Crippen LogP contribution is -2.45. The molecule has 0 unspecified atom stereocenters. The van der Waals surface area contributed by atoms with Gasteiger partial charge in [-0.1, -0.05) is 37.3 Å². The number of hydrogen-bond donors (Lipinski definition) is 6. The molecule has 4 amide bonds. The molecule has 0 bridgehead atoms. The van der Waals surface area contributed by atoms with Crippen LogP contribution in [0.5, 0.6) is 0 Å². The number of aryl methyl sites for hydroxylation is 1. The summed E-state index contributed by atoms with van der Waals surface area (Å²) in [5, 5.41) is 32.1. The van der Waals surface area contributed by atoms with Crippen molar-refractivity contribution >= 4 is 52.3 Å². The minimum Gasteiger partial charge on any atom is -0.458 e. The minimum atomic E-state index is -2.06. The predicted octanol–water partition coefficient (Wildman–Crippen LogP) is 2.92. The number of amides is 4. The maximum atomic E-state index is 15.4. The van der Waals surface area contributed by atoms with Gasteiger partial charge in [-0.2, -0.15) is 0 Å². The fourth-order valence-electron chi connectivity index (χ4n) is 9.13. The molecule has 19 heteroatoms. The number of ether oxygens (including phenoxy) is 2. The van der Waals surface area contributed by atoms with Crippen LogP contribution in [0.15, 0.2) is 47.3 Å². The van der Waals surface area contributed by atoms with Crippen LogP contribution in [0.1, 0.15) is 105 Å². The highest BCUT2D eigenvalue weighted by molar-refractivity contribution is 5.96. The number of aliphatic hydroxyl groups is 2. The van der Waals surface area contributed by atoms with Gasteiger partial charge in [0.1, 0.15) is 24.1 Å². The van der Waals surface area contributed by atoms with Crippen LogP contribution in [0.4, 0.5) is 9.18 Å². The number of cyclic esters (lactones) is 1. The SMILES string of the molecule is CC[C@@]1(O)C(=O)OCc2c1cc1n(c2=O)Cc2c-1nc1cc(F)c(C)c3c1c2[C@@H](NC(=O)CNC(=O)[C@@H](CC(=O)CNC(=O)CCC(=O)[C@H](CO)NC(=O)OC(C)(C)C)Cc1ccccc1)CC3. The van der Waals surface area contributed by atoms with E-state index in [9.17, 15) is 48.6 Å². The second-order valence-corrected chi connectivity index (χ2v) is 18.4. The molecule has 2 aromatic heterocycles. The van der Waals surface area contributed by atoms with Crippen LogP contribution in [0.25, 0.3) is 22.3 Å². The number of fused-ring (bicyclic) bond motifs is 5. The average Bonchev–Trinajstić information content (AvgIpc) is 3.67. The first kappa shape index (κ1) is 49.1. The molecule has 68 heavy (non-hydrogen) atoms. The molecule has 4 aromatic rings. The fourth-order valence-corrected chi connectivity index (χ4v) is 9.13. The summed E-state index contributed by atoms with van der Waals surface area (Å²) < 4.78 is 27.2. The maximum Gasteiger partial charge on any atom is 0.408 e. The largest absolute Gasteiger partial charge is 0.458 e. The minimum absolute atomic E-state index is 0.0395. The molecule has 1 aliphatic carbocycles. The third kappa shape index (κ3) is 10.2. The highest BCUT2D eigenvalue weighted by Gasteiger charge is 2.46. The van der Waals surface area contributed by atoms with Crippen molar-refractivity contribution in [2.45, 2.75) is 116 Å². The molecule has 3 aliphatic rings. The molecular weight excluding hydrogens is 884 g/mol. The normalized spacial score (nSPS) is 17.7. The van der Waals surface area contributed by atoms with E-state index in [2.05, 4.69) is 21.3 Å². The lowest BCUT2D eigenvalue weighted by molar-refractivity contribution is -0.172. The molecule has 4 atom stereocenters. The first-order valence-corrected chi connectivity index (χ1v) is 22.6. The number of alkyl carbamates (subject to hydrolysis) is 1. The third-order valence-corrected chi connectivity index (χ3v) is 12.6. The molecule has 0 fully saturated rings. The van der Waals surface area contributed by atoms with Gasteiger partial charge in [0.2, 0.25) is 17.7 Å². The van der Waals surface area contributed by atoms with Gasteiger partial charge in [0, 0.05) is 47.8 Å². The van der Waals surface area contributed by atoms with Crippen molar-refractivity contribution in [3.63, 3.8) is 0 Å². The van der Waals surface area contributed by atoms with Gasteiger partial charge in [-0.15, -0.1) is 0 Å². The highest BCUT2D eigenvalue weighted by atomic mass is 19.1. The summed E-state index contributed by atoms with van der Waals surface area (Å²) in [6, 6.07) is 9.84. The molecule has 18 nitrogen and oxygen atoms in total. The van der Waals surface area contributed by atoms with Crippen LogP contribution in [-0.2, 0) is 69.8 Å². The Labute approximate surface area is 390 Å². The molecule has 2 aromatic carbocycles. The standard InChI is InChI=1S/C49H55FN6O12/c1-6-49(66)32-18-37-43-30(22-56(37)45(63)31(32)24-67-46(49)64)42-34(13-12-29-25(2)33(50)19-35(54-43)41(29)42)53-40(61)21-52-44(62)27(16-26-10-8-7-9-11-26)17-28(58)20-51-39(60)15-14-38(59)36(23-57)55-47(65)68-48(3,4)5/h7-11,18-19,27,34,36,57,66H,6,12-17,20-24H2,1-5H3,(H,51,60)(H,52,62)(H,53,61)(H,55,65)/t27-,34+,36+,49+/m1/s1. The Morgan fingerprint density at radius 1 is 1.00 bits per heavy atom. The first-order chi connectivity index (χ1) is 32.2. The number of rotatable bonds is 17. The van der Waals surface area contributed by atoms with Gasteiger partial charge in [0.15, 0.2) is 17.2 Å². The summed E-state index contributed by atoms with van der Waals surface area (Å²) in [5.41, 5.74) is 0.979. The number of benzene rings is 2. The van der Waals surface area contributed by atoms with Crippen molar-refractivity contribution in [3.05, 3.63) is 97.6 Å². The third-order valence-electron chi connectivity index (χ3n) is 12.6. The van der Waals surface area contributed by atoms with Crippen molar-refractivity contribution in [2.75, 3.05) is 19.7 Å². The molecule has 0 spiro atoms. The zero-order valence-electron chi connectivity index (χ0n) is 38.5. The van der Waals surface area contributed by atoms with E-state index in [0.29, 0.717) is 57.4 Å². The summed E-state index contributed by atoms with van der Waals surface area (Å²) in [4.78, 5) is 110. The molecule has 0 saturated heterocycles. The molecule has 6 N–H and O–H groups in total. The number of aliphatic hydroxyl groups excluding tert-OH is 1. The molecule has 7 rings (SSSR count). The summed E-state index contributed by atoms with van der Waals surface area (Å²) in [6.07, 6.45) is -1.09. The van der Waals surface area contributed by atoms with Crippen LogP contribution < -0.4 is 26.8 Å². The van der Waals surface area contributed by atoms with E-state index in [1.54, 1.807) is 71.0 Å². The summed E-state index contributed by atoms with van der Waals surface area (Å²) in [6.45, 7) is 6.25. The highest BCUT2D eigenvalue weighted by Crippen LogP contribution is 2.46. The monoisotopic (exact) mass is 938 g/mol. The molecule has 0 radical (unpaired) electrons. The van der Waals surface area contributed by atoms with Crippen LogP contribution >= 0.6 is 0 Å².